The Morgan fingerprint density at radius 1 is 1.20 bits per heavy atom. The second-order valence-corrected chi connectivity index (χ2v) is 5.54. The van der Waals surface area contributed by atoms with E-state index < -0.39 is 0 Å². The van der Waals surface area contributed by atoms with Gasteiger partial charge >= 0.3 is 0 Å². The summed E-state index contributed by atoms with van der Waals surface area (Å²) in [5, 5.41) is 19.3. The standard InChI is InChI=1S/C15H14O4S/c1-18-12-4-2-9(6-11(12)17)14-8-20-15-7-10(16)3-5-13(15)19-14/h2-7,14,16-17H,8H2,1H3. The van der Waals surface area contributed by atoms with Crippen molar-refractivity contribution in [1.29, 1.82) is 0 Å². The van der Waals surface area contributed by atoms with E-state index in [9.17, 15) is 10.2 Å². The van der Waals surface area contributed by atoms with Gasteiger partial charge in [-0.1, -0.05) is 6.07 Å². The first-order valence-electron chi connectivity index (χ1n) is 6.17. The van der Waals surface area contributed by atoms with Gasteiger partial charge in [-0.15, -0.1) is 11.8 Å². The third-order valence-corrected chi connectivity index (χ3v) is 4.26. The van der Waals surface area contributed by atoms with Gasteiger partial charge in [-0.05, 0) is 35.9 Å². The monoisotopic (exact) mass is 290 g/mol. The smallest absolute Gasteiger partial charge is 0.160 e. The lowest BCUT2D eigenvalue weighted by Crippen LogP contribution is -2.14. The zero-order chi connectivity index (χ0) is 14.1. The fraction of sp³-hybridized carbons (Fsp3) is 0.200. The normalized spacial score (nSPS) is 17.1. The molecule has 0 saturated carbocycles. The Bertz CT molecular complexity index is 642. The molecule has 5 heteroatoms. The fourth-order valence-corrected chi connectivity index (χ4v) is 3.19. The first kappa shape index (κ1) is 13.0. The number of phenols is 2. The van der Waals surface area contributed by atoms with Gasteiger partial charge in [0.05, 0.1) is 12.0 Å². The minimum Gasteiger partial charge on any atom is -0.508 e. The molecule has 1 aliphatic rings. The Morgan fingerprint density at radius 2 is 2.05 bits per heavy atom. The Hall–Kier alpha value is -2.01. The molecule has 20 heavy (non-hydrogen) atoms. The molecular weight excluding hydrogens is 276 g/mol. The summed E-state index contributed by atoms with van der Waals surface area (Å²) in [6.45, 7) is 0. The lowest BCUT2D eigenvalue weighted by Gasteiger charge is -2.26. The number of fused-ring (bicyclic) bond motifs is 1. The molecule has 3 rings (SSSR count). The number of rotatable bonds is 2. The number of phenolic OH excluding ortho intramolecular Hbond substituents is 2. The maximum absolute atomic E-state index is 9.83. The van der Waals surface area contributed by atoms with Crippen LogP contribution in [0.1, 0.15) is 11.7 Å². The van der Waals surface area contributed by atoms with Gasteiger partial charge in [0.25, 0.3) is 0 Å². The molecule has 0 bridgehead atoms. The Kier molecular flexibility index (Phi) is 3.36. The summed E-state index contributed by atoms with van der Waals surface area (Å²) < 4.78 is 11.0. The molecule has 2 aromatic carbocycles. The van der Waals surface area contributed by atoms with Crippen molar-refractivity contribution in [2.75, 3.05) is 12.9 Å². The number of hydrogen-bond donors (Lipinski definition) is 2. The van der Waals surface area contributed by atoms with E-state index in [1.54, 1.807) is 42.1 Å². The van der Waals surface area contributed by atoms with E-state index in [0.717, 1.165) is 22.0 Å². The van der Waals surface area contributed by atoms with Crippen LogP contribution in [0.2, 0.25) is 0 Å². The van der Waals surface area contributed by atoms with Crippen molar-refractivity contribution < 1.29 is 19.7 Å². The summed E-state index contributed by atoms with van der Waals surface area (Å²) in [7, 11) is 1.52. The second kappa shape index (κ2) is 5.17. The van der Waals surface area contributed by atoms with E-state index in [0.29, 0.717) is 5.75 Å². The minimum absolute atomic E-state index is 0.107. The number of benzene rings is 2. The highest BCUT2D eigenvalue weighted by atomic mass is 32.2. The largest absolute Gasteiger partial charge is 0.508 e. The van der Waals surface area contributed by atoms with Crippen molar-refractivity contribution in [3.63, 3.8) is 0 Å². The molecule has 0 aromatic heterocycles. The van der Waals surface area contributed by atoms with Crippen molar-refractivity contribution in [1.82, 2.24) is 0 Å². The van der Waals surface area contributed by atoms with Crippen molar-refractivity contribution in [2.45, 2.75) is 11.0 Å². The van der Waals surface area contributed by atoms with Crippen molar-refractivity contribution in [3.8, 4) is 23.0 Å². The molecule has 2 N–H and O–H groups in total. The fourth-order valence-electron chi connectivity index (χ4n) is 2.13. The summed E-state index contributed by atoms with van der Waals surface area (Å²) in [6, 6.07) is 10.3. The molecule has 0 radical (unpaired) electrons. The molecule has 4 nitrogen and oxygen atoms in total. The molecule has 1 unspecified atom stereocenters. The van der Waals surface area contributed by atoms with Crippen LogP contribution in [0.15, 0.2) is 41.3 Å². The van der Waals surface area contributed by atoms with E-state index in [1.165, 1.54) is 7.11 Å². The van der Waals surface area contributed by atoms with Crippen LogP contribution in [0.5, 0.6) is 23.0 Å². The van der Waals surface area contributed by atoms with Crippen molar-refractivity contribution in [3.05, 3.63) is 42.0 Å². The van der Waals surface area contributed by atoms with Crippen LogP contribution in [0, 0.1) is 0 Å². The van der Waals surface area contributed by atoms with Crippen LogP contribution >= 0.6 is 11.8 Å². The van der Waals surface area contributed by atoms with E-state index in [2.05, 4.69) is 0 Å². The van der Waals surface area contributed by atoms with Gasteiger partial charge < -0.3 is 19.7 Å². The van der Waals surface area contributed by atoms with Gasteiger partial charge in [0.1, 0.15) is 17.6 Å². The minimum atomic E-state index is -0.131. The SMILES string of the molecule is COc1ccc(C2CSc3cc(O)ccc3O2)cc1O. The van der Waals surface area contributed by atoms with E-state index in [4.69, 9.17) is 9.47 Å². The highest BCUT2D eigenvalue weighted by molar-refractivity contribution is 7.99. The molecule has 0 saturated heterocycles. The van der Waals surface area contributed by atoms with Gasteiger partial charge in [0.2, 0.25) is 0 Å². The lowest BCUT2D eigenvalue weighted by molar-refractivity contribution is 0.219. The Labute approximate surface area is 121 Å². The molecule has 0 aliphatic carbocycles. The van der Waals surface area contributed by atoms with Crippen LogP contribution in [-0.2, 0) is 0 Å². The van der Waals surface area contributed by atoms with Gasteiger partial charge in [-0.25, -0.2) is 0 Å². The van der Waals surface area contributed by atoms with Crippen LogP contribution in [0.3, 0.4) is 0 Å². The van der Waals surface area contributed by atoms with Crippen LogP contribution < -0.4 is 9.47 Å². The summed E-state index contributed by atoms with van der Waals surface area (Å²) >= 11 is 1.62. The average Bonchev–Trinajstić information content (AvgIpc) is 2.46. The van der Waals surface area contributed by atoms with E-state index in [1.807, 2.05) is 6.07 Å². The quantitative estimate of drug-likeness (QED) is 0.888. The Morgan fingerprint density at radius 3 is 2.80 bits per heavy atom. The molecule has 0 spiro atoms. The van der Waals surface area contributed by atoms with E-state index in [-0.39, 0.29) is 17.6 Å². The lowest BCUT2D eigenvalue weighted by atomic mass is 10.1. The summed E-state index contributed by atoms with van der Waals surface area (Å²) in [5.41, 5.74) is 0.898. The second-order valence-electron chi connectivity index (χ2n) is 4.48. The van der Waals surface area contributed by atoms with Crippen LogP contribution in [-0.4, -0.2) is 23.1 Å². The molecule has 104 valence electrons. The predicted molar refractivity (Wildman–Crippen MR) is 76.9 cm³/mol. The van der Waals surface area contributed by atoms with Gasteiger partial charge in [-0.2, -0.15) is 0 Å². The highest BCUT2D eigenvalue weighted by Gasteiger charge is 2.23. The van der Waals surface area contributed by atoms with Crippen molar-refractivity contribution >= 4 is 11.8 Å². The predicted octanol–water partition coefficient (Wildman–Crippen LogP) is 3.33. The van der Waals surface area contributed by atoms with Gasteiger partial charge in [-0.3, -0.25) is 0 Å². The van der Waals surface area contributed by atoms with Gasteiger partial charge in [0.15, 0.2) is 11.5 Å². The topological polar surface area (TPSA) is 58.9 Å². The third kappa shape index (κ3) is 2.36. The summed E-state index contributed by atoms with van der Waals surface area (Å²) in [6.07, 6.45) is -0.131. The first-order chi connectivity index (χ1) is 9.67. The molecule has 1 atom stereocenters. The maximum Gasteiger partial charge on any atom is 0.160 e. The van der Waals surface area contributed by atoms with Crippen LogP contribution in [0.25, 0.3) is 0 Å². The highest BCUT2D eigenvalue weighted by Crippen LogP contribution is 2.42. The van der Waals surface area contributed by atoms with Crippen LogP contribution in [0.4, 0.5) is 0 Å². The van der Waals surface area contributed by atoms with E-state index >= 15 is 0 Å². The number of hydrogen-bond acceptors (Lipinski definition) is 5. The molecule has 1 aliphatic heterocycles. The summed E-state index contributed by atoms with van der Waals surface area (Å²) in [5.74, 6) is 2.26. The van der Waals surface area contributed by atoms with Gasteiger partial charge in [0, 0.05) is 5.75 Å². The molecule has 2 aromatic rings. The number of ether oxygens (including phenoxy) is 2. The van der Waals surface area contributed by atoms with Crippen molar-refractivity contribution in [2.24, 2.45) is 0 Å². The number of aromatic hydroxyl groups is 2. The third-order valence-electron chi connectivity index (χ3n) is 3.16. The zero-order valence-corrected chi connectivity index (χ0v) is 11.7. The summed E-state index contributed by atoms with van der Waals surface area (Å²) in [4.78, 5) is 0.930. The molecular formula is C15H14O4S. The Balaban J connectivity index is 1.86. The number of methoxy groups -OCH3 is 1. The molecule has 0 fully saturated rings. The first-order valence-corrected chi connectivity index (χ1v) is 7.15. The molecule has 1 heterocycles. The number of thioether (sulfide) groups is 1. The molecule has 0 amide bonds. The zero-order valence-electron chi connectivity index (χ0n) is 10.9. The average molecular weight is 290 g/mol. The maximum atomic E-state index is 9.83.